The Hall–Kier alpha value is -1.71. The van der Waals surface area contributed by atoms with Crippen LogP contribution >= 0.6 is 0 Å². The van der Waals surface area contributed by atoms with Crippen molar-refractivity contribution in [1.82, 2.24) is 5.32 Å². The van der Waals surface area contributed by atoms with E-state index in [0.29, 0.717) is 5.56 Å². The van der Waals surface area contributed by atoms with Gasteiger partial charge in [-0.05, 0) is 43.7 Å². The maximum atomic E-state index is 12.1. The highest BCUT2D eigenvalue weighted by Crippen LogP contribution is 2.28. The van der Waals surface area contributed by atoms with Gasteiger partial charge in [0.25, 0.3) is 5.91 Å². The minimum Gasteiger partial charge on any atom is -0.508 e. The van der Waals surface area contributed by atoms with E-state index in [1.165, 1.54) is 43.9 Å². The van der Waals surface area contributed by atoms with Crippen molar-refractivity contribution in [1.29, 1.82) is 0 Å². The predicted octanol–water partition coefficient (Wildman–Crippen LogP) is 3.19. The molecule has 0 aromatic heterocycles. The Labute approximate surface area is 119 Å². The lowest BCUT2D eigenvalue weighted by Crippen LogP contribution is -2.37. The molecule has 1 fully saturated rings. The average molecular weight is 277 g/mol. The second-order valence-electron chi connectivity index (χ2n) is 5.72. The smallest absolute Gasteiger partial charge is 0.251 e. The number of rotatable bonds is 4. The van der Waals surface area contributed by atoms with Gasteiger partial charge < -0.3 is 15.5 Å². The molecule has 1 aliphatic rings. The third-order valence-electron chi connectivity index (χ3n) is 4.04. The predicted molar refractivity (Wildman–Crippen MR) is 77.9 cm³/mol. The molecule has 0 heterocycles. The Morgan fingerprint density at radius 3 is 2.30 bits per heavy atom. The number of nitrogens with one attached hydrogen (secondary N) is 1. The van der Waals surface area contributed by atoms with Crippen molar-refractivity contribution in [2.45, 2.75) is 51.5 Å². The molecule has 4 heteroatoms. The number of hydrogen-bond donors (Lipinski definition) is 3. The minimum atomic E-state index is -0.227. The molecule has 0 bridgehead atoms. The highest BCUT2D eigenvalue weighted by atomic mass is 16.3. The Morgan fingerprint density at radius 2 is 1.75 bits per heavy atom. The summed E-state index contributed by atoms with van der Waals surface area (Å²) in [6.45, 7) is 2.21. The van der Waals surface area contributed by atoms with Crippen molar-refractivity contribution in [3.63, 3.8) is 0 Å². The van der Waals surface area contributed by atoms with Crippen LogP contribution in [0.2, 0.25) is 0 Å². The van der Waals surface area contributed by atoms with Crippen molar-refractivity contribution >= 4 is 5.91 Å². The summed E-state index contributed by atoms with van der Waals surface area (Å²) in [5.41, 5.74) is 0.304. The van der Waals surface area contributed by atoms with Gasteiger partial charge in [-0.2, -0.15) is 0 Å². The molecule has 0 unspecified atom stereocenters. The molecule has 2 rings (SSSR count). The summed E-state index contributed by atoms with van der Waals surface area (Å²) in [6, 6.07) is 4.17. The van der Waals surface area contributed by atoms with Crippen molar-refractivity contribution in [2.75, 3.05) is 0 Å². The second kappa shape index (κ2) is 6.64. The van der Waals surface area contributed by atoms with E-state index in [2.05, 4.69) is 12.2 Å². The van der Waals surface area contributed by atoms with Crippen LogP contribution in [0.5, 0.6) is 11.5 Å². The van der Waals surface area contributed by atoms with Crippen LogP contribution in [0.25, 0.3) is 0 Å². The quantitative estimate of drug-likeness (QED) is 0.791. The fourth-order valence-electron chi connectivity index (χ4n) is 3.00. The van der Waals surface area contributed by atoms with Crippen LogP contribution < -0.4 is 5.32 Å². The number of phenolic OH excluding ortho intramolecular Hbond substituents is 2. The van der Waals surface area contributed by atoms with Gasteiger partial charge in [0.15, 0.2) is 0 Å². The number of carbonyl (C=O) groups excluding carboxylic acids is 1. The summed E-state index contributed by atoms with van der Waals surface area (Å²) >= 11 is 0. The number of benzene rings is 1. The highest BCUT2D eigenvalue weighted by molar-refractivity contribution is 5.95. The number of phenols is 2. The number of aromatic hydroxyl groups is 2. The van der Waals surface area contributed by atoms with Gasteiger partial charge in [0.1, 0.15) is 11.5 Å². The number of carbonyl (C=O) groups is 1. The van der Waals surface area contributed by atoms with Crippen molar-refractivity contribution in [3.05, 3.63) is 23.8 Å². The molecule has 1 aromatic carbocycles. The maximum Gasteiger partial charge on any atom is 0.251 e. The first-order valence-electron chi connectivity index (χ1n) is 7.42. The number of amides is 1. The van der Waals surface area contributed by atoms with E-state index >= 15 is 0 Å². The van der Waals surface area contributed by atoms with Crippen LogP contribution in [-0.2, 0) is 0 Å². The zero-order valence-corrected chi connectivity index (χ0v) is 11.9. The first-order valence-corrected chi connectivity index (χ1v) is 7.42. The van der Waals surface area contributed by atoms with E-state index in [1.54, 1.807) is 0 Å². The SMILES string of the molecule is CCCC1CCC(NC(=O)c2cc(O)cc(O)c2)CC1. The molecule has 20 heavy (non-hydrogen) atoms. The molecule has 1 aliphatic carbocycles. The van der Waals surface area contributed by atoms with E-state index < -0.39 is 0 Å². The summed E-state index contributed by atoms with van der Waals surface area (Å²) in [4.78, 5) is 12.1. The molecule has 1 saturated carbocycles. The molecule has 0 radical (unpaired) electrons. The van der Waals surface area contributed by atoms with E-state index in [4.69, 9.17) is 0 Å². The molecule has 3 N–H and O–H groups in total. The molecule has 0 spiro atoms. The standard InChI is InChI=1S/C16H23NO3/c1-2-3-11-4-6-13(7-5-11)17-16(20)12-8-14(18)10-15(19)9-12/h8-11,13,18-19H,2-7H2,1H3,(H,17,20). The van der Waals surface area contributed by atoms with Gasteiger partial charge in [0.05, 0.1) is 0 Å². The van der Waals surface area contributed by atoms with Gasteiger partial charge in [-0.3, -0.25) is 4.79 Å². The summed E-state index contributed by atoms with van der Waals surface area (Å²) in [5, 5.41) is 21.8. The zero-order valence-electron chi connectivity index (χ0n) is 11.9. The van der Waals surface area contributed by atoms with Crippen LogP contribution in [0.4, 0.5) is 0 Å². The summed E-state index contributed by atoms with van der Waals surface area (Å²) < 4.78 is 0. The van der Waals surface area contributed by atoms with Gasteiger partial charge in [0.2, 0.25) is 0 Å². The summed E-state index contributed by atoms with van der Waals surface area (Å²) in [6.07, 6.45) is 6.88. The summed E-state index contributed by atoms with van der Waals surface area (Å²) in [7, 11) is 0. The van der Waals surface area contributed by atoms with E-state index in [1.807, 2.05) is 0 Å². The average Bonchev–Trinajstić information content (AvgIpc) is 2.40. The molecule has 110 valence electrons. The first-order chi connectivity index (χ1) is 9.58. The third kappa shape index (κ3) is 3.89. The minimum absolute atomic E-state index is 0.0956. The largest absolute Gasteiger partial charge is 0.508 e. The van der Waals surface area contributed by atoms with Crippen LogP contribution in [0.15, 0.2) is 18.2 Å². The first kappa shape index (κ1) is 14.7. The fraction of sp³-hybridized carbons (Fsp3) is 0.562. The summed E-state index contributed by atoms with van der Waals surface area (Å²) in [5.74, 6) is 0.386. The van der Waals surface area contributed by atoms with Gasteiger partial charge in [-0.25, -0.2) is 0 Å². The molecular weight excluding hydrogens is 254 g/mol. The monoisotopic (exact) mass is 277 g/mol. The second-order valence-corrected chi connectivity index (χ2v) is 5.72. The Balaban J connectivity index is 1.89. The number of hydrogen-bond acceptors (Lipinski definition) is 3. The van der Waals surface area contributed by atoms with E-state index in [9.17, 15) is 15.0 Å². The van der Waals surface area contributed by atoms with Gasteiger partial charge in [-0.15, -0.1) is 0 Å². The normalized spacial score (nSPS) is 22.4. The topological polar surface area (TPSA) is 69.6 Å². The third-order valence-corrected chi connectivity index (χ3v) is 4.04. The molecular formula is C16H23NO3. The van der Waals surface area contributed by atoms with Crippen LogP contribution in [0.3, 0.4) is 0 Å². The Bertz CT molecular complexity index is 445. The van der Waals surface area contributed by atoms with Crippen LogP contribution in [0.1, 0.15) is 55.8 Å². The molecule has 4 nitrogen and oxygen atoms in total. The van der Waals surface area contributed by atoms with Gasteiger partial charge in [0, 0.05) is 17.7 Å². The lowest BCUT2D eigenvalue weighted by atomic mass is 9.83. The molecule has 0 atom stereocenters. The molecule has 0 saturated heterocycles. The zero-order chi connectivity index (χ0) is 14.5. The van der Waals surface area contributed by atoms with Crippen LogP contribution in [0, 0.1) is 5.92 Å². The lowest BCUT2D eigenvalue weighted by Gasteiger charge is -2.29. The lowest BCUT2D eigenvalue weighted by molar-refractivity contribution is 0.0920. The highest BCUT2D eigenvalue weighted by Gasteiger charge is 2.22. The van der Waals surface area contributed by atoms with Crippen molar-refractivity contribution in [2.24, 2.45) is 5.92 Å². The molecule has 1 amide bonds. The van der Waals surface area contributed by atoms with E-state index in [-0.39, 0.29) is 23.4 Å². The fourth-order valence-corrected chi connectivity index (χ4v) is 3.00. The van der Waals surface area contributed by atoms with Crippen molar-refractivity contribution < 1.29 is 15.0 Å². The van der Waals surface area contributed by atoms with Gasteiger partial charge in [-0.1, -0.05) is 19.8 Å². The maximum absolute atomic E-state index is 12.1. The van der Waals surface area contributed by atoms with Crippen LogP contribution in [-0.4, -0.2) is 22.2 Å². The molecule has 0 aliphatic heterocycles. The van der Waals surface area contributed by atoms with Crippen molar-refractivity contribution in [3.8, 4) is 11.5 Å². The molecule has 1 aromatic rings. The van der Waals surface area contributed by atoms with E-state index in [0.717, 1.165) is 18.8 Å². The van der Waals surface area contributed by atoms with Gasteiger partial charge >= 0.3 is 0 Å². The Kier molecular flexibility index (Phi) is 4.88. The Morgan fingerprint density at radius 1 is 1.15 bits per heavy atom.